The molecule has 2 aromatic rings. The first-order valence-corrected chi connectivity index (χ1v) is 15.8. The van der Waals surface area contributed by atoms with Crippen molar-refractivity contribution in [3.8, 4) is 11.4 Å². The van der Waals surface area contributed by atoms with Crippen LogP contribution in [0, 0.1) is 5.92 Å². The van der Waals surface area contributed by atoms with Crippen molar-refractivity contribution in [2.24, 2.45) is 5.92 Å². The molecule has 3 aliphatic rings. The molecule has 1 aromatic heterocycles. The summed E-state index contributed by atoms with van der Waals surface area (Å²) in [7, 11) is 0. The molecule has 3 amide bonds. The van der Waals surface area contributed by atoms with Crippen molar-refractivity contribution in [2.75, 3.05) is 6.54 Å². The standard InChI is InChI=1S/C30H37Cl2N7O6/c1-29(2,3)45-28(44)33-22-10-8-6-4-5-7-9-17-15-30(17,27(42)43)34-25(40)23-14-19(16-38(23)26(22)41)39-36-24(35-37-39)20-12-11-18(31)13-21(20)32/h7,9,11-13,17,19,22-23H,4-6,8,10,14-16H2,1-3H3,(H,33,44)(H,34,40)(H,42,43)/b9-7-/t17-,19+,22+,23+,30+/m1/s1. The van der Waals surface area contributed by atoms with Crippen molar-refractivity contribution in [3.05, 3.63) is 40.4 Å². The predicted molar refractivity (Wildman–Crippen MR) is 164 cm³/mol. The van der Waals surface area contributed by atoms with Crippen LogP contribution in [0.3, 0.4) is 0 Å². The van der Waals surface area contributed by atoms with Crippen LogP contribution in [0.15, 0.2) is 30.4 Å². The van der Waals surface area contributed by atoms with Gasteiger partial charge in [-0.3, -0.25) is 9.59 Å². The van der Waals surface area contributed by atoms with Crippen LogP contribution in [-0.4, -0.2) is 83.9 Å². The van der Waals surface area contributed by atoms with E-state index in [1.165, 1.54) is 9.70 Å². The average molecular weight is 663 g/mol. The number of amides is 3. The van der Waals surface area contributed by atoms with Crippen molar-refractivity contribution >= 4 is 47.1 Å². The smallest absolute Gasteiger partial charge is 0.408 e. The second-order valence-electron chi connectivity index (χ2n) is 12.8. The topological polar surface area (TPSA) is 169 Å². The Morgan fingerprint density at radius 1 is 1.18 bits per heavy atom. The molecule has 13 nitrogen and oxygen atoms in total. The van der Waals surface area contributed by atoms with Crippen molar-refractivity contribution in [2.45, 2.75) is 95.0 Å². The fourth-order valence-electron chi connectivity index (χ4n) is 5.85. The normalized spacial score (nSPS) is 28.2. The molecule has 1 saturated heterocycles. The lowest BCUT2D eigenvalue weighted by atomic mass is 10.0. The van der Waals surface area contributed by atoms with E-state index in [1.54, 1.807) is 39.0 Å². The van der Waals surface area contributed by atoms with Crippen molar-refractivity contribution in [3.63, 3.8) is 0 Å². The summed E-state index contributed by atoms with van der Waals surface area (Å²) in [6.45, 7) is 5.20. The van der Waals surface area contributed by atoms with Gasteiger partial charge < -0.3 is 25.4 Å². The van der Waals surface area contributed by atoms with Crippen LogP contribution in [0.1, 0.15) is 71.8 Å². The second kappa shape index (κ2) is 13.0. The number of ether oxygens (including phenoxy) is 1. The van der Waals surface area contributed by atoms with E-state index in [4.69, 9.17) is 27.9 Å². The van der Waals surface area contributed by atoms with Crippen LogP contribution in [-0.2, 0) is 19.1 Å². The third-order valence-electron chi connectivity index (χ3n) is 8.26. The van der Waals surface area contributed by atoms with Gasteiger partial charge in [0.1, 0.15) is 23.2 Å². The summed E-state index contributed by atoms with van der Waals surface area (Å²) >= 11 is 12.4. The molecule has 5 atom stereocenters. The van der Waals surface area contributed by atoms with E-state index in [1.807, 2.05) is 12.2 Å². The number of benzene rings is 1. The lowest BCUT2D eigenvalue weighted by molar-refractivity contribution is -0.145. The minimum Gasteiger partial charge on any atom is -0.479 e. The molecule has 1 saturated carbocycles. The van der Waals surface area contributed by atoms with Gasteiger partial charge in [-0.2, -0.15) is 4.80 Å². The molecule has 3 N–H and O–H groups in total. The maximum atomic E-state index is 14.1. The Bertz CT molecular complexity index is 1510. The van der Waals surface area contributed by atoms with Gasteiger partial charge in [-0.1, -0.05) is 48.2 Å². The number of halogens is 2. The molecule has 1 aliphatic carbocycles. The number of hydrogen-bond donors (Lipinski definition) is 3. The van der Waals surface area contributed by atoms with Crippen LogP contribution in [0.25, 0.3) is 11.4 Å². The summed E-state index contributed by atoms with van der Waals surface area (Å²) in [5.41, 5.74) is -1.72. The van der Waals surface area contributed by atoms with Gasteiger partial charge in [0.15, 0.2) is 0 Å². The first kappa shape index (κ1) is 32.7. The highest BCUT2D eigenvalue weighted by atomic mass is 35.5. The van der Waals surface area contributed by atoms with E-state index in [-0.39, 0.29) is 31.1 Å². The fourth-order valence-corrected chi connectivity index (χ4v) is 6.35. The highest BCUT2D eigenvalue weighted by molar-refractivity contribution is 6.36. The van der Waals surface area contributed by atoms with Crippen molar-refractivity contribution < 1.29 is 29.0 Å². The molecule has 0 spiro atoms. The molecule has 3 heterocycles. The van der Waals surface area contributed by atoms with Crippen LogP contribution in [0.2, 0.25) is 10.0 Å². The van der Waals surface area contributed by atoms with Crippen molar-refractivity contribution in [1.29, 1.82) is 0 Å². The van der Waals surface area contributed by atoms with Crippen LogP contribution in [0.4, 0.5) is 4.79 Å². The second-order valence-corrected chi connectivity index (χ2v) is 13.6. The molecule has 5 rings (SSSR count). The Balaban J connectivity index is 1.45. The molecule has 15 heteroatoms. The van der Waals surface area contributed by atoms with E-state index in [2.05, 4.69) is 26.0 Å². The molecule has 2 fully saturated rings. The highest BCUT2D eigenvalue weighted by Crippen LogP contribution is 2.45. The molecule has 0 bridgehead atoms. The van der Waals surface area contributed by atoms with Gasteiger partial charge in [0, 0.05) is 29.5 Å². The minimum atomic E-state index is -1.45. The van der Waals surface area contributed by atoms with E-state index in [0.29, 0.717) is 28.5 Å². The largest absolute Gasteiger partial charge is 0.479 e. The number of carboxylic acid groups (broad SMARTS) is 1. The first-order chi connectivity index (χ1) is 21.3. The van der Waals surface area contributed by atoms with E-state index < -0.39 is 53.1 Å². The van der Waals surface area contributed by atoms with Crippen LogP contribution >= 0.6 is 23.2 Å². The Morgan fingerprint density at radius 2 is 1.96 bits per heavy atom. The Labute approximate surface area is 270 Å². The maximum Gasteiger partial charge on any atom is 0.408 e. The summed E-state index contributed by atoms with van der Waals surface area (Å²) in [4.78, 5) is 55.8. The fraction of sp³-hybridized carbons (Fsp3) is 0.567. The summed E-state index contributed by atoms with van der Waals surface area (Å²) in [6.07, 6.45) is 6.74. The highest BCUT2D eigenvalue weighted by Gasteiger charge is 2.61. The first-order valence-electron chi connectivity index (χ1n) is 15.0. The van der Waals surface area contributed by atoms with Crippen LogP contribution < -0.4 is 10.6 Å². The zero-order valence-electron chi connectivity index (χ0n) is 25.3. The van der Waals surface area contributed by atoms with Gasteiger partial charge in [-0.05, 0) is 69.9 Å². The third kappa shape index (κ3) is 7.41. The number of hydrogen-bond acceptors (Lipinski definition) is 8. The number of carbonyl (C=O) groups is 4. The molecule has 0 unspecified atom stereocenters. The number of aromatic nitrogens is 4. The molecule has 1 aromatic carbocycles. The van der Waals surface area contributed by atoms with E-state index in [0.717, 1.165) is 19.3 Å². The number of nitrogens with zero attached hydrogens (tertiary/aromatic N) is 5. The number of tetrazole rings is 1. The number of nitrogens with one attached hydrogen (secondary N) is 2. The number of carbonyl (C=O) groups excluding carboxylic acids is 3. The lowest BCUT2D eigenvalue weighted by Crippen LogP contribution is -2.56. The number of alkyl carbamates (subject to hydrolysis) is 1. The number of aliphatic carboxylic acids is 1. The zero-order valence-corrected chi connectivity index (χ0v) is 26.8. The molecular weight excluding hydrogens is 625 g/mol. The predicted octanol–water partition coefficient (Wildman–Crippen LogP) is 4.16. The van der Waals surface area contributed by atoms with Gasteiger partial charge in [0.05, 0.1) is 11.1 Å². The Hall–Kier alpha value is -3.71. The summed E-state index contributed by atoms with van der Waals surface area (Å²) < 4.78 is 5.43. The number of fused-ring (bicyclic) bond motifs is 2. The van der Waals surface area contributed by atoms with Gasteiger partial charge in [-0.15, -0.1) is 10.2 Å². The van der Waals surface area contributed by atoms with Crippen molar-refractivity contribution in [1.82, 2.24) is 35.7 Å². The number of allylic oxidation sites excluding steroid dienone is 1. The Morgan fingerprint density at radius 3 is 2.67 bits per heavy atom. The molecule has 2 aliphatic heterocycles. The maximum absolute atomic E-state index is 14.1. The molecule has 242 valence electrons. The minimum absolute atomic E-state index is 0.0248. The number of carboxylic acids is 1. The third-order valence-corrected chi connectivity index (χ3v) is 8.80. The Kier molecular flexibility index (Phi) is 9.41. The molecule has 0 radical (unpaired) electrons. The summed E-state index contributed by atoms with van der Waals surface area (Å²) in [5, 5.41) is 29.1. The quantitative estimate of drug-likeness (QED) is 0.407. The van der Waals surface area contributed by atoms with Gasteiger partial charge in [-0.25, -0.2) is 9.59 Å². The molecular formula is C30H37Cl2N7O6. The molecule has 45 heavy (non-hydrogen) atoms. The number of rotatable bonds is 4. The summed E-state index contributed by atoms with van der Waals surface area (Å²) in [6, 6.07) is 2.28. The zero-order chi connectivity index (χ0) is 32.5. The lowest BCUT2D eigenvalue weighted by Gasteiger charge is -2.30. The summed E-state index contributed by atoms with van der Waals surface area (Å²) in [5.74, 6) is -2.32. The monoisotopic (exact) mass is 661 g/mol. The van der Waals surface area contributed by atoms with Gasteiger partial charge >= 0.3 is 12.1 Å². The van der Waals surface area contributed by atoms with Gasteiger partial charge in [0.25, 0.3) is 0 Å². The van der Waals surface area contributed by atoms with E-state index >= 15 is 0 Å². The van der Waals surface area contributed by atoms with Crippen LogP contribution in [0.5, 0.6) is 0 Å². The average Bonchev–Trinajstić information content (AvgIpc) is 3.26. The van der Waals surface area contributed by atoms with E-state index in [9.17, 15) is 24.3 Å². The SMILES string of the molecule is CC(C)(C)OC(=O)N[C@H]1CCCCC/C=C\[C@@H]2C[C@]2(C(=O)O)NC(=O)[C@@H]2C[C@H](n3nnc(-c4ccc(Cl)cc4Cl)n3)CN2C1=O. The van der Waals surface area contributed by atoms with Gasteiger partial charge in [0.2, 0.25) is 17.6 Å².